The van der Waals surface area contributed by atoms with E-state index in [-0.39, 0.29) is 0 Å². The van der Waals surface area contributed by atoms with Gasteiger partial charge in [0.2, 0.25) is 0 Å². The summed E-state index contributed by atoms with van der Waals surface area (Å²) in [4.78, 5) is 0. The van der Waals surface area contributed by atoms with Crippen LogP contribution >= 0.6 is 0 Å². The minimum absolute atomic E-state index is 0.991. The number of hydrogen-bond acceptors (Lipinski definition) is 2. The molecule has 0 amide bonds. The summed E-state index contributed by atoms with van der Waals surface area (Å²) in [5.74, 6) is 1.06. The molecule has 0 atom stereocenters. The normalized spacial score (nSPS) is 10.5. The van der Waals surface area contributed by atoms with Gasteiger partial charge in [-0.15, -0.1) is 10.2 Å². The SMILES string of the molecule is Cn1cnnc1CCCc1ccccc1. The molecule has 0 saturated heterocycles. The smallest absolute Gasteiger partial charge is 0.132 e. The molecule has 3 heteroatoms. The maximum Gasteiger partial charge on any atom is 0.132 e. The molecule has 1 heterocycles. The predicted molar refractivity (Wildman–Crippen MR) is 59.5 cm³/mol. The minimum atomic E-state index is 0.991. The molecule has 0 unspecified atom stereocenters. The Kier molecular flexibility index (Phi) is 3.12. The van der Waals surface area contributed by atoms with E-state index in [9.17, 15) is 0 Å². The Bertz CT molecular complexity index is 406. The zero-order valence-electron chi connectivity index (χ0n) is 8.93. The van der Waals surface area contributed by atoms with E-state index in [2.05, 4.69) is 34.5 Å². The third-order valence-corrected chi connectivity index (χ3v) is 2.51. The van der Waals surface area contributed by atoms with Gasteiger partial charge < -0.3 is 4.57 Å². The molecule has 0 spiro atoms. The van der Waals surface area contributed by atoms with E-state index >= 15 is 0 Å². The highest BCUT2D eigenvalue weighted by Crippen LogP contribution is 2.05. The van der Waals surface area contributed by atoms with Crippen molar-refractivity contribution < 1.29 is 0 Å². The molecule has 0 aliphatic heterocycles. The highest BCUT2D eigenvalue weighted by Gasteiger charge is 2.00. The van der Waals surface area contributed by atoms with Gasteiger partial charge in [-0.3, -0.25) is 0 Å². The molecule has 1 aromatic heterocycles. The lowest BCUT2D eigenvalue weighted by molar-refractivity contribution is 0.722. The number of benzene rings is 1. The molecule has 2 rings (SSSR count). The molecule has 0 aliphatic carbocycles. The van der Waals surface area contributed by atoms with E-state index in [1.165, 1.54) is 5.56 Å². The maximum atomic E-state index is 4.06. The summed E-state index contributed by atoms with van der Waals surface area (Å²) in [5.41, 5.74) is 1.39. The summed E-state index contributed by atoms with van der Waals surface area (Å²) < 4.78 is 1.98. The quantitative estimate of drug-likeness (QED) is 0.757. The van der Waals surface area contributed by atoms with Gasteiger partial charge in [-0.05, 0) is 18.4 Å². The summed E-state index contributed by atoms with van der Waals surface area (Å²) >= 11 is 0. The summed E-state index contributed by atoms with van der Waals surface area (Å²) in [7, 11) is 1.98. The summed E-state index contributed by atoms with van der Waals surface area (Å²) in [5, 5.41) is 7.92. The Labute approximate surface area is 89.8 Å². The van der Waals surface area contributed by atoms with Crippen molar-refractivity contribution in [1.29, 1.82) is 0 Å². The first-order chi connectivity index (χ1) is 7.36. The second-order valence-corrected chi connectivity index (χ2v) is 3.70. The van der Waals surface area contributed by atoms with E-state index in [1.807, 2.05) is 17.7 Å². The first-order valence-corrected chi connectivity index (χ1v) is 5.23. The lowest BCUT2D eigenvalue weighted by Gasteiger charge is -2.01. The average molecular weight is 201 g/mol. The molecule has 78 valence electrons. The largest absolute Gasteiger partial charge is 0.321 e. The molecule has 1 aromatic carbocycles. The van der Waals surface area contributed by atoms with Gasteiger partial charge in [0.15, 0.2) is 0 Å². The minimum Gasteiger partial charge on any atom is -0.321 e. The summed E-state index contributed by atoms with van der Waals surface area (Å²) in [6.45, 7) is 0. The number of nitrogens with zero attached hydrogens (tertiary/aromatic N) is 3. The number of rotatable bonds is 4. The number of aromatic nitrogens is 3. The van der Waals surface area contributed by atoms with Crippen LogP contribution in [0.5, 0.6) is 0 Å². The van der Waals surface area contributed by atoms with Crippen LogP contribution in [0.3, 0.4) is 0 Å². The fourth-order valence-electron chi connectivity index (χ4n) is 1.63. The van der Waals surface area contributed by atoms with Gasteiger partial charge in [-0.2, -0.15) is 0 Å². The van der Waals surface area contributed by atoms with Crippen molar-refractivity contribution in [2.45, 2.75) is 19.3 Å². The van der Waals surface area contributed by atoms with Gasteiger partial charge in [0, 0.05) is 13.5 Å². The van der Waals surface area contributed by atoms with Crippen molar-refractivity contribution >= 4 is 0 Å². The number of hydrogen-bond donors (Lipinski definition) is 0. The molecule has 15 heavy (non-hydrogen) atoms. The van der Waals surface area contributed by atoms with Gasteiger partial charge in [0.05, 0.1) is 0 Å². The molecule has 0 bridgehead atoms. The Morgan fingerprint density at radius 3 is 2.60 bits per heavy atom. The van der Waals surface area contributed by atoms with Crippen molar-refractivity contribution in [1.82, 2.24) is 14.8 Å². The van der Waals surface area contributed by atoms with E-state index in [0.29, 0.717) is 0 Å². The molecule has 0 fully saturated rings. The fraction of sp³-hybridized carbons (Fsp3) is 0.333. The Morgan fingerprint density at radius 2 is 1.93 bits per heavy atom. The fourth-order valence-corrected chi connectivity index (χ4v) is 1.63. The van der Waals surface area contributed by atoms with Crippen LogP contribution in [-0.2, 0) is 19.9 Å². The van der Waals surface area contributed by atoms with Crippen LogP contribution < -0.4 is 0 Å². The van der Waals surface area contributed by atoms with Gasteiger partial charge in [-0.1, -0.05) is 30.3 Å². The van der Waals surface area contributed by atoms with Crippen molar-refractivity contribution in [3.63, 3.8) is 0 Å². The standard InChI is InChI=1S/C12H15N3/c1-15-10-13-14-12(15)9-5-8-11-6-3-2-4-7-11/h2-4,6-7,10H,5,8-9H2,1H3. The summed E-state index contributed by atoms with van der Waals surface area (Å²) in [6, 6.07) is 10.5. The van der Waals surface area contributed by atoms with Gasteiger partial charge in [-0.25, -0.2) is 0 Å². The molecular formula is C12H15N3. The molecule has 0 saturated carbocycles. The van der Waals surface area contributed by atoms with Crippen LogP contribution in [0, 0.1) is 0 Å². The first kappa shape index (κ1) is 9.90. The molecule has 0 radical (unpaired) electrons. The van der Waals surface area contributed by atoms with Gasteiger partial charge in [0.25, 0.3) is 0 Å². The van der Waals surface area contributed by atoms with Gasteiger partial charge in [0.1, 0.15) is 12.2 Å². The monoisotopic (exact) mass is 201 g/mol. The average Bonchev–Trinajstić information content (AvgIpc) is 2.66. The predicted octanol–water partition coefficient (Wildman–Crippen LogP) is 1.99. The zero-order valence-corrected chi connectivity index (χ0v) is 8.93. The Hall–Kier alpha value is -1.64. The third kappa shape index (κ3) is 2.65. The van der Waals surface area contributed by atoms with Gasteiger partial charge >= 0.3 is 0 Å². The Morgan fingerprint density at radius 1 is 1.13 bits per heavy atom. The number of aryl methyl sites for hydroxylation is 3. The molecule has 2 aromatic rings. The van der Waals surface area contributed by atoms with Crippen molar-refractivity contribution in [3.05, 3.63) is 48.0 Å². The van der Waals surface area contributed by atoms with Crippen LogP contribution in [0.2, 0.25) is 0 Å². The maximum absolute atomic E-state index is 4.06. The first-order valence-electron chi connectivity index (χ1n) is 5.23. The van der Waals surface area contributed by atoms with E-state index in [1.54, 1.807) is 6.33 Å². The Balaban J connectivity index is 1.83. The lowest BCUT2D eigenvalue weighted by Crippen LogP contribution is -1.98. The molecule has 3 nitrogen and oxygen atoms in total. The van der Waals surface area contributed by atoms with Crippen LogP contribution in [-0.4, -0.2) is 14.8 Å². The zero-order chi connectivity index (χ0) is 10.5. The van der Waals surface area contributed by atoms with Crippen LogP contribution in [0.15, 0.2) is 36.7 Å². The lowest BCUT2D eigenvalue weighted by atomic mass is 10.1. The second-order valence-electron chi connectivity index (χ2n) is 3.70. The topological polar surface area (TPSA) is 30.7 Å². The highest BCUT2D eigenvalue weighted by molar-refractivity contribution is 5.14. The van der Waals surface area contributed by atoms with Crippen LogP contribution in [0.25, 0.3) is 0 Å². The molecule has 0 aliphatic rings. The molecule has 0 N–H and O–H groups in total. The van der Waals surface area contributed by atoms with Crippen molar-refractivity contribution in [2.75, 3.05) is 0 Å². The highest BCUT2D eigenvalue weighted by atomic mass is 15.2. The van der Waals surface area contributed by atoms with Crippen LogP contribution in [0.1, 0.15) is 17.8 Å². The van der Waals surface area contributed by atoms with E-state index in [4.69, 9.17) is 0 Å². The summed E-state index contributed by atoms with van der Waals surface area (Å²) in [6.07, 6.45) is 4.97. The van der Waals surface area contributed by atoms with Crippen molar-refractivity contribution in [2.24, 2.45) is 7.05 Å². The van der Waals surface area contributed by atoms with E-state index in [0.717, 1.165) is 25.1 Å². The van der Waals surface area contributed by atoms with Crippen molar-refractivity contribution in [3.8, 4) is 0 Å². The molecular weight excluding hydrogens is 186 g/mol. The third-order valence-electron chi connectivity index (χ3n) is 2.51. The van der Waals surface area contributed by atoms with Crippen LogP contribution in [0.4, 0.5) is 0 Å². The second kappa shape index (κ2) is 4.73. The van der Waals surface area contributed by atoms with E-state index < -0.39 is 0 Å².